The van der Waals surface area contributed by atoms with E-state index in [2.05, 4.69) is 5.10 Å². The highest BCUT2D eigenvalue weighted by Gasteiger charge is 2.06. The van der Waals surface area contributed by atoms with Crippen LogP contribution in [0, 0.1) is 5.41 Å². The van der Waals surface area contributed by atoms with E-state index in [1.54, 1.807) is 41.3 Å². The van der Waals surface area contributed by atoms with Crippen LogP contribution in [0.25, 0.3) is 5.69 Å². The molecule has 80 valence electrons. The third kappa shape index (κ3) is 1.70. The Hall–Kier alpha value is -2.43. The van der Waals surface area contributed by atoms with Crippen molar-refractivity contribution in [2.45, 2.75) is 0 Å². The lowest BCUT2D eigenvalue weighted by Crippen LogP contribution is -2.14. The SMILES string of the molecule is N=C(N)c1cc(-n2cccn2)ccc1C=O. The van der Waals surface area contributed by atoms with Crippen LogP contribution in [-0.4, -0.2) is 21.9 Å². The number of rotatable bonds is 3. The molecular weight excluding hydrogens is 204 g/mol. The highest BCUT2D eigenvalue weighted by atomic mass is 16.1. The standard InChI is InChI=1S/C11H10N4O/c12-11(13)10-6-9(3-2-8(10)7-16)15-5-1-4-14-15/h1-7H,(H3,12,13). The fourth-order valence-corrected chi connectivity index (χ4v) is 1.44. The van der Waals surface area contributed by atoms with E-state index in [0.717, 1.165) is 5.69 Å². The molecule has 0 bridgehead atoms. The predicted molar refractivity (Wildman–Crippen MR) is 60.0 cm³/mol. The molecular formula is C11H10N4O. The van der Waals surface area contributed by atoms with E-state index in [-0.39, 0.29) is 5.84 Å². The molecule has 1 heterocycles. The summed E-state index contributed by atoms with van der Waals surface area (Å²) >= 11 is 0. The van der Waals surface area contributed by atoms with Crippen LogP contribution in [0.2, 0.25) is 0 Å². The van der Waals surface area contributed by atoms with Gasteiger partial charge in [-0.3, -0.25) is 10.2 Å². The molecule has 0 atom stereocenters. The molecule has 0 unspecified atom stereocenters. The minimum Gasteiger partial charge on any atom is -0.384 e. The van der Waals surface area contributed by atoms with Gasteiger partial charge in [-0.2, -0.15) is 5.10 Å². The Morgan fingerprint density at radius 3 is 2.88 bits per heavy atom. The molecule has 2 aromatic rings. The van der Waals surface area contributed by atoms with E-state index in [1.807, 2.05) is 0 Å². The molecule has 16 heavy (non-hydrogen) atoms. The van der Waals surface area contributed by atoms with E-state index < -0.39 is 0 Å². The monoisotopic (exact) mass is 214 g/mol. The Morgan fingerprint density at radius 1 is 1.50 bits per heavy atom. The minimum atomic E-state index is -0.129. The van der Waals surface area contributed by atoms with Gasteiger partial charge in [-0.15, -0.1) is 0 Å². The highest BCUT2D eigenvalue weighted by Crippen LogP contribution is 2.13. The molecule has 5 heteroatoms. The second kappa shape index (κ2) is 3.98. The number of hydrogen-bond acceptors (Lipinski definition) is 3. The van der Waals surface area contributed by atoms with Crippen LogP contribution >= 0.6 is 0 Å². The maximum atomic E-state index is 10.8. The Bertz CT molecular complexity index is 531. The van der Waals surface area contributed by atoms with E-state index >= 15 is 0 Å². The smallest absolute Gasteiger partial charge is 0.150 e. The molecule has 2 rings (SSSR count). The molecule has 1 aromatic carbocycles. The molecule has 3 N–H and O–H groups in total. The predicted octanol–water partition coefficient (Wildman–Crippen LogP) is 0.969. The molecule has 0 fully saturated rings. The van der Waals surface area contributed by atoms with Crippen molar-refractivity contribution in [3.63, 3.8) is 0 Å². The van der Waals surface area contributed by atoms with Crippen LogP contribution in [0.1, 0.15) is 15.9 Å². The van der Waals surface area contributed by atoms with Crippen molar-refractivity contribution in [1.82, 2.24) is 9.78 Å². The zero-order valence-corrected chi connectivity index (χ0v) is 8.42. The lowest BCUT2D eigenvalue weighted by molar-refractivity contribution is 0.112. The van der Waals surface area contributed by atoms with Gasteiger partial charge in [0.15, 0.2) is 6.29 Å². The summed E-state index contributed by atoms with van der Waals surface area (Å²) in [6, 6.07) is 6.84. The van der Waals surface area contributed by atoms with Crippen molar-refractivity contribution >= 4 is 12.1 Å². The van der Waals surface area contributed by atoms with Gasteiger partial charge in [0.2, 0.25) is 0 Å². The Kier molecular flexibility index (Phi) is 2.51. The number of nitrogens with zero attached hydrogens (tertiary/aromatic N) is 2. The van der Waals surface area contributed by atoms with Gasteiger partial charge in [-0.1, -0.05) is 0 Å². The van der Waals surface area contributed by atoms with E-state index in [4.69, 9.17) is 11.1 Å². The first kappa shape index (κ1) is 10.1. The molecule has 0 aliphatic heterocycles. The van der Waals surface area contributed by atoms with Gasteiger partial charge < -0.3 is 5.73 Å². The third-order valence-electron chi connectivity index (χ3n) is 2.22. The first-order chi connectivity index (χ1) is 7.72. The number of aromatic nitrogens is 2. The summed E-state index contributed by atoms with van der Waals surface area (Å²) in [6.45, 7) is 0. The summed E-state index contributed by atoms with van der Waals surface area (Å²) in [5.74, 6) is -0.129. The largest absolute Gasteiger partial charge is 0.384 e. The number of carbonyl (C=O) groups excluding carboxylic acids is 1. The average Bonchev–Trinajstić information content (AvgIpc) is 2.81. The summed E-state index contributed by atoms with van der Waals surface area (Å²) < 4.78 is 1.64. The van der Waals surface area contributed by atoms with E-state index in [1.165, 1.54) is 0 Å². The van der Waals surface area contributed by atoms with Gasteiger partial charge in [0.1, 0.15) is 5.84 Å². The highest BCUT2D eigenvalue weighted by molar-refractivity contribution is 6.02. The molecule has 0 amide bonds. The number of hydrogen-bond donors (Lipinski definition) is 2. The van der Waals surface area contributed by atoms with Gasteiger partial charge in [0.25, 0.3) is 0 Å². The Balaban J connectivity index is 2.55. The molecule has 1 aromatic heterocycles. The van der Waals surface area contributed by atoms with Crippen LogP contribution in [0.15, 0.2) is 36.7 Å². The summed E-state index contributed by atoms with van der Waals surface area (Å²) in [7, 11) is 0. The molecule has 0 saturated carbocycles. The van der Waals surface area contributed by atoms with Crippen molar-refractivity contribution in [1.29, 1.82) is 5.41 Å². The number of nitrogens with two attached hydrogens (primary N) is 1. The summed E-state index contributed by atoms with van der Waals surface area (Å²) in [5, 5.41) is 11.5. The minimum absolute atomic E-state index is 0.129. The molecule has 0 radical (unpaired) electrons. The summed E-state index contributed by atoms with van der Waals surface area (Å²) in [6.07, 6.45) is 4.12. The van der Waals surface area contributed by atoms with E-state index in [9.17, 15) is 4.79 Å². The molecule has 5 nitrogen and oxygen atoms in total. The lowest BCUT2D eigenvalue weighted by atomic mass is 10.1. The van der Waals surface area contributed by atoms with Gasteiger partial charge in [0.05, 0.1) is 5.69 Å². The zero-order chi connectivity index (χ0) is 11.5. The number of nitrogens with one attached hydrogen (secondary N) is 1. The van der Waals surface area contributed by atoms with Crippen molar-refractivity contribution < 1.29 is 4.79 Å². The third-order valence-corrected chi connectivity index (χ3v) is 2.22. The van der Waals surface area contributed by atoms with Crippen molar-refractivity contribution in [3.05, 3.63) is 47.8 Å². The Labute approximate surface area is 92.0 Å². The van der Waals surface area contributed by atoms with Crippen LogP contribution < -0.4 is 5.73 Å². The average molecular weight is 214 g/mol. The first-order valence-electron chi connectivity index (χ1n) is 4.66. The van der Waals surface area contributed by atoms with Crippen molar-refractivity contribution in [3.8, 4) is 5.69 Å². The normalized spacial score (nSPS) is 10.0. The fourth-order valence-electron chi connectivity index (χ4n) is 1.44. The van der Waals surface area contributed by atoms with Crippen LogP contribution in [-0.2, 0) is 0 Å². The molecule has 0 spiro atoms. The van der Waals surface area contributed by atoms with Gasteiger partial charge >= 0.3 is 0 Å². The maximum absolute atomic E-state index is 10.8. The maximum Gasteiger partial charge on any atom is 0.150 e. The number of amidine groups is 1. The first-order valence-corrected chi connectivity index (χ1v) is 4.66. The zero-order valence-electron chi connectivity index (χ0n) is 8.42. The number of benzene rings is 1. The molecule has 0 saturated heterocycles. The van der Waals surface area contributed by atoms with Crippen molar-refractivity contribution in [2.24, 2.45) is 5.73 Å². The van der Waals surface area contributed by atoms with Crippen LogP contribution in [0.4, 0.5) is 0 Å². The van der Waals surface area contributed by atoms with Crippen LogP contribution in [0.5, 0.6) is 0 Å². The Morgan fingerprint density at radius 2 is 2.31 bits per heavy atom. The van der Waals surface area contributed by atoms with E-state index in [0.29, 0.717) is 17.4 Å². The van der Waals surface area contributed by atoms with Crippen LogP contribution in [0.3, 0.4) is 0 Å². The number of nitrogen functional groups attached to an aromatic ring is 1. The number of aldehydes is 1. The molecule has 0 aliphatic carbocycles. The number of carbonyl (C=O) groups is 1. The molecule has 0 aliphatic rings. The lowest BCUT2D eigenvalue weighted by Gasteiger charge is -2.06. The topological polar surface area (TPSA) is 84.8 Å². The van der Waals surface area contributed by atoms with Crippen molar-refractivity contribution in [2.75, 3.05) is 0 Å². The second-order valence-corrected chi connectivity index (χ2v) is 3.25. The van der Waals surface area contributed by atoms with Gasteiger partial charge in [0, 0.05) is 23.5 Å². The van der Waals surface area contributed by atoms with Gasteiger partial charge in [-0.25, -0.2) is 4.68 Å². The quantitative estimate of drug-likeness (QED) is 0.453. The summed E-state index contributed by atoms with van der Waals surface area (Å²) in [5.41, 5.74) is 7.00. The second-order valence-electron chi connectivity index (χ2n) is 3.25. The van der Waals surface area contributed by atoms with Gasteiger partial charge in [-0.05, 0) is 24.3 Å². The summed E-state index contributed by atoms with van der Waals surface area (Å²) in [4.78, 5) is 10.8. The fraction of sp³-hybridized carbons (Fsp3) is 0.